The third-order valence-corrected chi connectivity index (χ3v) is 4.13. The van der Waals surface area contributed by atoms with Crippen molar-refractivity contribution in [2.75, 3.05) is 11.9 Å². The minimum atomic E-state index is -0.449. The first-order valence-corrected chi connectivity index (χ1v) is 8.11. The normalized spacial score (nSPS) is 19.1. The van der Waals surface area contributed by atoms with Gasteiger partial charge in [-0.1, -0.05) is 30.3 Å². The van der Waals surface area contributed by atoms with Crippen LogP contribution < -0.4 is 15.4 Å². The minimum Gasteiger partial charge on any atom is -0.489 e. The summed E-state index contributed by atoms with van der Waals surface area (Å²) in [4.78, 5) is 12.2. The Morgan fingerprint density at radius 2 is 2.04 bits per heavy atom. The highest BCUT2D eigenvalue weighted by molar-refractivity contribution is 5.95. The fourth-order valence-electron chi connectivity index (χ4n) is 2.74. The summed E-state index contributed by atoms with van der Waals surface area (Å²) >= 11 is 0. The summed E-state index contributed by atoms with van der Waals surface area (Å²) in [5, 5.41) is 15.4. The van der Waals surface area contributed by atoms with Gasteiger partial charge in [0.2, 0.25) is 5.91 Å². The number of hydrogen-bond donors (Lipinski definition) is 3. The second-order valence-corrected chi connectivity index (χ2v) is 6.09. The van der Waals surface area contributed by atoms with E-state index in [1.165, 1.54) is 0 Å². The summed E-state index contributed by atoms with van der Waals surface area (Å²) in [7, 11) is 0. The van der Waals surface area contributed by atoms with Crippen molar-refractivity contribution in [1.82, 2.24) is 5.32 Å². The molecule has 0 radical (unpaired) electrons. The molecule has 1 aliphatic heterocycles. The highest BCUT2D eigenvalue weighted by Crippen LogP contribution is 2.23. The fourth-order valence-corrected chi connectivity index (χ4v) is 2.74. The molecular weight excluding hydrogens is 340 g/mol. The number of halogens is 1. The quantitative estimate of drug-likeness (QED) is 0.764. The van der Waals surface area contributed by atoms with Gasteiger partial charge in [0, 0.05) is 12.2 Å². The monoisotopic (exact) mass is 362 g/mol. The van der Waals surface area contributed by atoms with Gasteiger partial charge in [-0.2, -0.15) is 0 Å². The Morgan fingerprint density at radius 1 is 1.28 bits per heavy atom. The maximum absolute atomic E-state index is 12.2. The van der Waals surface area contributed by atoms with Crippen molar-refractivity contribution < 1.29 is 14.6 Å². The molecule has 3 N–H and O–H groups in total. The predicted octanol–water partition coefficient (Wildman–Crippen LogP) is 2.66. The number of aliphatic hydroxyl groups excluding tert-OH is 1. The molecular formula is C19H23ClN2O3. The summed E-state index contributed by atoms with van der Waals surface area (Å²) in [5.41, 5.74) is 2.81. The molecule has 0 spiro atoms. The van der Waals surface area contributed by atoms with E-state index in [-0.39, 0.29) is 24.4 Å². The largest absolute Gasteiger partial charge is 0.489 e. The first-order valence-electron chi connectivity index (χ1n) is 8.11. The van der Waals surface area contributed by atoms with Gasteiger partial charge < -0.3 is 20.5 Å². The Balaban J connectivity index is 0.00000225. The topological polar surface area (TPSA) is 70.6 Å². The number of benzene rings is 2. The predicted molar refractivity (Wildman–Crippen MR) is 100 cm³/mol. The summed E-state index contributed by atoms with van der Waals surface area (Å²) < 4.78 is 5.79. The summed E-state index contributed by atoms with van der Waals surface area (Å²) in [6, 6.07) is 15.2. The number of aliphatic hydroxyl groups is 1. The zero-order chi connectivity index (χ0) is 16.9. The fraction of sp³-hybridized carbons (Fsp3) is 0.316. The average Bonchev–Trinajstić information content (AvgIpc) is 3.03. The Hall–Kier alpha value is -2.08. The van der Waals surface area contributed by atoms with Crippen LogP contribution in [0.5, 0.6) is 5.75 Å². The lowest BCUT2D eigenvalue weighted by Crippen LogP contribution is -2.35. The number of nitrogens with one attached hydrogen (secondary N) is 2. The number of carbonyl (C=O) groups excluding carboxylic acids is 1. The van der Waals surface area contributed by atoms with Crippen molar-refractivity contribution in [2.24, 2.45) is 0 Å². The molecule has 1 amide bonds. The molecule has 1 fully saturated rings. The zero-order valence-corrected chi connectivity index (χ0v) is 14.9. The van der Waals surface area contributed by atoms with E-state index < -0.39 is 6.10 Å². The van der Waals surface area contributed by atoms with Crippen LogP contribution in [-0.4, -0.2) is 29.7 Å². The van der Waals surface area contributed by atoms with Gasteiger partial charge in [-0.3, -0.25) is 4.79 Å². The molecule has 25 heavy (non-hydrogen) atoms. The summed E-state index contributed by atoms with van der Waals surface area (Å²) in [6.07, 6.45) is -0.000939. The first-order chi connectivity index (χ1) is 11.6. The molecule has 0 aliphatic carbocycles. The number of rotatable bonds is 5. The second kappa shape index (κ2) is 8.85. The molecule has 2 atom stereocenters. The van der Waals surface area contributed by atoms with Gasteiger partial charge in [0.1, 0.15) is 12.4 Å². The van der Waals surface area contributed by atoms with Crippen LogP contribution >= 0.6 is 12.4 Å². The van der Waals surface area contributed by atoms with Crippen LogP contribution in [0.4, 0.5) is 5.69 Å². The van der Waals surface area contributed by atoms with E-state index in [4.69, 9.17) is 4.74 Å². The van der Waals surface area contributed by atoms with Crippen molar-refractivity contribution >= 4 is 24.0 Å². The van der Waals surface area contributed by atoms with E-state index >= 15 is 0 Å². The molecule has 3 rings (SSSR count). The van der Waals surface area contributed by atoms with Gasteiger partial charge in [0.05, 0.1) is 12.1 Å². The Morgan fingerprint density at radius 3 is 2.68 bits per heavy atom. The van der Waals surface area contributed by atoms with E-state index in [9.17, 15) is 9.90 Å². The van der Waals surface area contributed by atoms with Crippen molar-refractivity contribution in [3.8, 4) is 5.75 Å². The molecule has 0 aromatic heterocycles. The lowest BCUT2D eigenvalue weighted by molar-refractivity contribution is -0.117. The molecule has 1 heterocycles. The lowest BCUT2D eigenvalue weighted by atomic mass is 10.1. The number of hydrogen-bond acceptors (Lipinski definition) is 4. The van der Waals surface area contributed by atoms with Gasteiger partial charge in [-0.05, 0) is 42.7 Å². The number of ether oxygens (including phenoxy) is 1. The maximum Gasteiger partial charge on any atom is 0.241 e. The molecule has 5 nitrogen and oxygen atoms in total. The first kappa shape index (κ1) is 19.2. The van der Waals surface area contributed by atoms with Crippen molar-refractivity contribution in [2.45, 2.75) is 32.1 Å². The molecule has 134 valence electrons. The number of anilines is 1. The van der Waals surface area contributed by atoms with Gasteiger partial charge in [0.25, 0.3) is 0 Å². The molecule has 2 aromatic rings. The number of β-amino-alcohol motifs (C(OH)–C–C–N with tert-alkyl or cyclic N) is 1. The molecule has 1 saturated heterocycles. The average molecular weight is 363 g/mol. The number of aryl methyl sites for hydroxylation is 1. The third kappa shape index (κ3) is 5.19. The van der Waals surface area contributed by atoms with Gasteiger partial charge in [0.15, 0.2) is 0 Å². The Kier molecular flexibility index (Phi) is 6.82. The van der Waals surface area contributed by atoms with Gasteiger partial charge in [-0.15, -0.1) is 12.4 Å². The molecule has 0 saturated carbocycles. The minimum absolute atomic E-state index is 0. The molecule has 2 unspecified atom stereocenters. The summed E-state index contributed by atoms with van der Waals surface area (Å²) in [6.45, 7) is 2.90. The van der Waals surface area contributed by atoms with Crippen LogP contribution in [0.25, 0.3) is 0 Å². The van der Waals surface area contributed by atoms with E-state index in [2.05, 4.69) is 10.6 Å². The third-order valence-electron chi connectivity index (χ3n) is 4.13. The van der Waals surface area contributed by atoms with E-state index in [0.29, 0.717) is 19.6 Å². The molecule has 1 aliphatic rings. The van der Waals surface area contributed by atoms with Gasteiger partial charge in [-0.25, -0.2) is 0 Å². The zero-order valence-electron chi connectivity index (χ0n) is 14.1. The second-order valence-electron chi connectivity index (χ2n) is 6.09. The van der Waals surface area contributed by atoms with Crippen molar-refractivity contribution in [3.05, 3.63) is 59.7 Å². The molecule has 0 bridgehead atoms. The molecule has 2 aromatic carbocycles. The van der Waals surface area contributed by atoms with Crippen LogP contribution in [0.2, 0.25) is 0 Å². The van der Waals surface area contributed by atoms with Crippen LogP contribution in [-0.2, 0) is 11.4 Å². The van der Waals surface area contributed by atoms with Crippen molar-refractivity contribution in [1.29, 1.82) is 0 Å². The summed E-state index contributed by atoms with van der Waals surface area (Å²) in [5.74, 6) is 0.649. The van der Waals surface area contributed by atoms with Crippen molar-refractivity contribution in [3.63, 3.8) is 0 Å². The SMILES string of the molecule is Cc1cc(OCc2ccccc2)ccc1NC(=O)C1CC(O)CN1.Cl. The Labute approximate surface area is 153 Å². The molecule has 6 heteroatoms. The lowest BCUT2D eigenvalue weighted by Gasteiger charge is -2.14. The Bertz CT molecular complexity index is 709. The van der Waals surface area contributed by atoms with E-state index in [1.807, 2.05) is 55.5 Å². The van der Waals surface area contributed by atoms with Crippen LogP contribution in [0.1, 0.15) is 17.5 Å². The smallest absolute Gasteiger partial charge is 0.241 e. The van der Waals surface area contributed by atoms with E-state index in [0.717, 1.165) is 22.6 Å². The highest BCUT2D eigenvalue weighted by atomic mass is 35.5. The number of amides is 1. The van der Waals surface area contributed by atoms with Crippen LogP contribution in [0, 0.1) is 6.92 Å². The van der Waals surface area contributed by atoms with Gasteiger partial charge >= 0.3 is 0 Å². The maximum atomic E-state index is 12.2. The van der Waals surface area contributed by atoms with Crippen LogP contribution in [0.3, 0.4) is 0 Å². The van der Waals surface area contributed by atoms with Crippen LogP contribution in [0.15, 0.2) is 48.5 Å². The standard InChI is InChI=1S/C19H22N2O3.ClH/c1-13-9-16(24-12-14-5-3-2-4-6-14)7-8-17(13)21-19(23)18-10-15(22)11-20-18;/h2-9,15,18,20,22H,10-12H2,1H3,(H,21,23);1H. The number of carbonyl (C=O) groups is 1. The highest BCUT2D eigenvalue weighted by Gasteiger charge is 2.28. The van der Waals surface area contributed by atoms with E-state index in [1.54, 1.807) is 0 Å².